The van der Waals surface area contributed by atoms with Crippen molar-refractivity contribution in [3.63, 3.8) is 0 Å². The highest BCUT2D eigenvalue weighted by molar-refractivity contribution is 5.98. The lowest BCUT2D eigenvalue weighted by Gasteiger charge is -2.05. The zero-order chi connectivity index (χ0) is 10.8. The predicted octanol–water partition coefficient (Wildman–Crippen LogP) is 2.20. The van der Waals surface area contributed by atoms with Crippen LogP contribution in [0.25, 0.3) is 10.9 Å². The molecule has 0 fully saturated rings. The monoisotopic (exact) mass is 205 g/mol. The molecule has 76 valence electrons. The lowest BCUT2D eigenvalue weighted by molar-refractivity contribution is 0.112. The fourth-order valence-electron chi connectivity index (χ4n) is 1.48. The molecule has 0 unspecified atom stereocenters. The van der Waals surface area contributed by atoms with Crippen molar-refractivity contribution in [3.8, 4) is 5.75 Å². The van der Waals surface area contributed by atoms with Crippen LogP contribution in [0.4, 0.5) is 4.39 Å². The first-order valence-corrected chi connectivity index (χ1v) is 4.34. The molecular weight excluding hydrogens is 197 g/mol. The van der Waals surface area contributed by atoms with Crippen molar-refractivity contribution >= 4 is 17.2 Å². The number of methoxy groups -OCH3 is 1. The fraction of sp³-hybridized carbons (Fsp3) is 0.0909. The number of carbonyl (C=O) groups excluding carboxylic acids is 1. The molecule has 2 aromatic rings. The Balaban J connectivity index is 2.88. The van der Waals surface area contributed by atoms with E-state index >= 15 is 0 Å². The van der Waals surface area contributed by atoms with E-state index in [2.05, 4.69) is 4.98 Å². The number of carbonyl (C=O) groups is 1. The summed E-state index contributed by atoms with van der Waals surface area (Å²) in [4.78, 5) is 14.6. The lowest BCUT2D eigenvalue weighted by Crippen LogP contribution is -1.94. The summed E-state index contributed by atoms with van der Waals surface area (Å²) in [5.41, 5.74) is 0.502. The molecule has 0 atom stereocenters. The normalized spacial score (nSPS) is 10.3. The average molecular weight is 205 g/mol. The largest absolute Gasteiger partial charge is 0.494 e. The zero-order valence-corrected chi connectivity index (χ0v) is 8.03. The van der Waals surface area contributed by atoms with Crippen molar-refractivity contribution in [1.82, 2.24) is 4.98 Å². The minimum absolute atomic E-state index is 0.0129. The summed E-state index contributed by atoms with van der Waals surface area (Å²) < 4.78 is 18.3. The molecule has 0 N–H and O–H groups in total. The van der Waals surface area contributed by atoms with E-state index in [4.69, 9.17) is 4.74 Å². The Morgan fingerprint density at radius 3 is 2.93 bits per heavy atom. The van der Waals surface area contributed by atoms with Crippen LogP contribution in [0.2, 0.25) is 0 Å². The molecule has 0 aliphatic rings. The number of rotatable bonds is 2. The van der Waals surface area contributed by atoms with E-state index in [1.807, 2.05) is 0 Å². The minimum Gasteiger partial charge on any atom is -0.494 e. The van der Waals surface area contributed by atoms with Crippen molar-refractivity contribution in [1.29, 1.82) is 0 Å². The number of halogens is 1. The molecule has 1 aromatic carbocycles. The van der Waals surface area contributed by atoms with E-state index in [1.165, 1.54) is 7.11 Å². The van der Waals surface area contributed by atoms with Crippen molar-refractivity contribution < 1.29 is 13.9 Å². The van der Waals surface area contributed by atoms with Gasteiger partial charge < -0.3 is 4.74 Å². The summed E-state index contributed by atoms with van der Waals surface area (Å²) in [6, 6.07) is 5.04. The summed E-state index contributed by atoms with van der Waals surface area (Å²) in [5.74, 6) is -0.0960. The minimum atomic E-state index is -0.620. The van der Waals surface area contributed by atoms with Crippen LogP contribution in [0, 0.1) is 5.82 Å². The summed E-state index contributed by atoms with van der Waals surface area (Å²) >= 11 is 0. The van der Waals surface area contributed by atoms with Crippen LogP contribution in [-0.2, 0) is 0 Å². The van der Waals surface area contributed by atoms with Crippen LogP contribution >= 0.6 is 0 Å². The molecule has 1 heterocycles. The third-order valence-electron chi connectivity index (χ3n) is 2.19. The predicted molar refractivity (Wildman–Crippen MR) is 53.6 cm³/mol. The first-order valence-electron chi connectivity index (χ1n) is 4.34. The summed E-state index contributed by atoms with van der Waals surface area (Å²) in [7, 11) is 1.50. The summed E-state index contributed by atoms with van der Waals surface area (Å²) in [6.45, 7) is 0. The maximum Gasteiger partial charge on any atom is 0.153 e. The number of nitrogens with zero attached hydrogens (tertiary/aromatic N) is 1. The molecule has 0 radical (unpaired) electrons. The van der Waals surface area contributed by atoms with Gasteiger partial charge in [-0.3, -0.25) is 4.79 Å². The number of hydrogen-bond donors (Lipinski definition) is 0. The summed E-state index contributed by atoms with van der Waals surface area (Å²) in [5, 5.41) is 0.462. The number of benzene rings is 1. The van der Waals surface area contributed by atoms with Crippen LogP contribution < -0.4 is 4.74 Å². The second-order valence-electron chi connectivity index (χ2n) is 2.99. The zero-order valence-electron chi connectivity index (χ0n) is 8.03. The average Bonchev–Trinajstić information content (AvgIpc) is 2.28. The smallest absolute Gasteiger partial charge is 0.153 e. The Labute approximate surface area is 85.5 Å². The van der Waals surface area contributed by atoms with E-state index in [1.54, 1.807) is 18.2 Å². The molecule has 2 rings (SSSR count). The van der Waals surface area contributed by atoms with Gasteiger partial charge in [0.1, 0.15) is 11.3 Å². The second-order valence-corrected chi connectivity index (χ2v) is 2.99. The molecular formula is C11H8FNO2. The van der Waals surface area contributed by atoms with Gasteiger partial charge in [-0.05, 0) is 6.07 Å². The van der Waals surface area contributed by atoms with E-state index < -0.39 is 5.82 Å². The van der Waals surface area contributed by atoms with E-state index in [0.29, 0.717) is 22.9 Å². The highest BCUT2D eigenvalue weighted by Crippen LogP contribution is 2.26. The SMILES string of the molecule is COc1cccc2c(C=O)c(F)cnc12. The molecule has 0 bridgehead atoms. The van der Waals surface area contributed by atoms with Crippen LogP contribution in [-0.4, -0.2) is 18.4 Å². The van der Waals surface area contributed by atoms with Gasteiger partial charge in [0.25, 0.3) is 0 Å². The van der Waals surface area contributed by atoms with E-state index in [0.717, 1.165) is 6.20 Å². The van der Waals surface area contributed by atoms with Gasteiger partial charge in [-0.1, -0.05) is 12.1 Å². The lowest BCUT2D eigenvalue weighted by atomic mass is 10.1. The number of ether oxygens (including phenoxy) is 1. The van der Waals surface area contributed by atoms with Crippen molar-refractivity contribution in [2.75, 3.05) is 7.11 Å². The first kappa shape index (κ1) is 9.58. The molecule has 0 amide bonds. The molecule has 0 saturated carbocycles. The standard InChI is InChI=1S/C11H8FNO2/c1-15-10-4-2-3-7-8(6-14)9(12)5-13-11(7)10/h2-6H,1H3. The highest BCUT2D eigenvalue weighted by Gasteiger charge is 2.10. The Hall–Kier alpha value is -1.97. The number of pyridine rings is 1. The third kappa shape index (κ3) is 1.44. The maximum absolute atomic E-state index is 13.2. The number of fused-ring (bicyclic) bond motifs is 1. The Morgan fingerprint density at radius 1 is 1.47 bits per heavy atom. The second kappa shape index (κ2) is 3.65. The summed E-state index contributed by atoms with van der Waals surface area (Å²) in [6.07, 6.45) is 1.51. The quantitative estimate of drug-likeness (QED) is 0.705. The number of hydrogen-bond acceptors (Lipinski definition) is 3. The van der Waals surface area contributed by atoms with Crippen molar-refractivity contribution in [3.05, 3.63) is 35.8 Å². The van der Waals surface area contributed by atoms with Crippen LogP contribution in [0.5, 0.6) is 5.75 Å². The topological polar surface area (TPSA) is 39.2 Å². The van der Waals surface area contributed by atoms with Gasteiger partial charge in [-0.25, -0.2) is 9.37 Å². The van der Waals surface area contributed by atoms with Gasteiger partial charge in [0.15, 0.2) is 12.1 Å². The number of aromatic nitrogens is 1. The van der Waals surface area contributed by atoms with Crippen molar-refractivity contribution in [2.24, 2.45) is 0 Å². The Bertz CT molecular complexity index is 525. The van der Waals surface area contributed by atoms with Gasteiger partial charge in [0.2, 0.25) is 0 Å². The molecule has 15 heavy (non-hydrogen) atoms. The van der Waals surface area contributed by atoms with Crippen LogP contribution in [0.3, 0.4) is 0 Å². The van der Waals surface area contributed by atoms with Gasteiger partial charge in [0.05, 0.1) is 18.9 Å². The van der Waals surface area contributed by atoms with Crippen LogP contribution in [0.1, 0.15) is 10.4 Å². The molecule has 0 aliphatic heterocycles. The maximum atomic E-state index is 13.2. The number of aldehydes is 1. The molecule has 1 aromatic heterocycles. The van der Waals surface area contributed by atoms with Crippen LogP contribution in [0.15, 0.2) is 24.4 Å². The van der Waals surface area contributed by atoms with Crippen molar-refractivity contribution in [2.45, 2.75) is 0 Å². The Morgan fingerprint density at radius 2 is 2.27 bits per heavy atom. The van der Waals surface area contributed by atoms with E-state index in [9.17, 15) is 9.18 Å². The Kier molecular flexibility index (Phi) is 2.33. The fourth-order valence-corrected chi connectivity index (χ4v) is 1.48. The van der Waals surface area contributed by atoms with Gasteiger partial charge in [-0.2, -0.15) is 0 Å². The molecule has 0 saturated heterocycles. The van der Waals surface area contributed by atoms with Gasteiger partial charge in [-0.15, -0.1) is 0 Å². The first-order chi connectivity index (χ1) is 7.27. The van der Waals surface area contributed by atoms with Gasteiger partial charge >= 0.3 is 0 Å². The van der Waals surface area contributed by atoms with E-state index in [-0.39, 0.29) is 5.56 Å². The number of para-hydroxylation sites is 1. The van der Waals surface area contributed by atoms with Gasteiger partial charge in [0, 0.05) is 5.39 Å². The highest BCUT2D eigenvalue weighted by atomic mass is 19.1. The molecule has 0 spiro atoms. The third-order valence-corrected chi connectivity index (χ3v) is 2.19. The molecule has 4 heteroatoms. The molecule has 3 nitrogen and oxygen atoms in total. The molecule has 0 aliphatic carbocycles.